The molecule has 0 radical (unpaired) electrons. The molecule has 7 rings (SSSR count). The van der Waals surface area contributed by atoms with Gasteiger partial charge in [0.1, 0.15) is 47.4 Å². The van der Waals surface area contributed by atoms with E-state index in [4.69, 9.17) is 5.73 Å². The summed E-state index contributed by atoms with van der Waals surface area (Å²) >= 11 is 2.73. The lowest BCUT2D eigenvalue weighted by Gasteiger charge is -2.35. The normalized spacial score (nSPS) is 26.1. The zero-order valence-electron chi connectivity index (χ0n) is 63.8. The van der Waals surface area contributed by atoms with Crippen molar-refractivity contribution in [3.8, 4) is 11.5 Å². The number of ketones is 3. The Bertz CT molecular complexity index is 4150. The van der Waals surface area contributed by atoms with Gasteiger partial charge < -0.3 is 78.4 Å². The molecule has 2 aromatic heterocycles. The minimum Gasteiger partial charge on any atom is -0.508 e. The van der Waals surface area contributed by atoms with Gasteiger partial charge in [-0.3, -0.25) is 62.3 Å². The summed E-state index contributed by atoms with van der Waals surface area (Å²) in [5, 5.41) is 72.0. The molecule has 110 heavy (non-hydrogen) atoms. The van der Waals surface area contributed by atoms with Crippen LogP contribution in [0.4, 0.5) is 0 Å². The Morgan fingerprint density at radius 2 is 1.29 bits per heavy atom. The van der Waals surface area contributed by atoms with E-state index in [9.17, 15) is 78.3 Å². The lowest BCUT2D eigenvalue weighted by Crippen LogP contribution is -2.62. The molecule has 0 saturated carbocycles. The van der Waals surface area contributed by atoms with E-state index in [1.165, 1.54) is 112 Å². The predicted octanol–water partition coefficient (Wildman–Crippen LogP) is 4.30. The highest BCUT2D eigenvalue weighted by Gasteiger charge is 2.46. The van der Waals surface area contributed by atoms with Crippen molar-refractivity contribution >= 4 is 111 Å². The van der Waals surface area contributed by atoms with E-state index in [0.717, 1.165) is 11.1 Å². The van der Waals surface area contributed by atoms with Crippen LogP contribution in [0.1, 0.15) is 148 Å². The molecule has 0 aliphatic carbocycles. The minimum atomic E-state index is -2.12. The first-order valence-corrected chi connectivity index (χ1v) is 39.2. The highest BCUT2D eigenvalue weighted by Crippen LogP contribution is 2.35. The highest BCUT2D eigenvalue weighted by molar-refractivity contribution is 7.98. The number of nitrogens with two attached hydrogens (primary N) is 1. The Morgan fingerprint density at radius 1 is 0.691 bits per heavy atom. The lowest BCUT2D eigenvalue weighted by molar-refractivity contribution is -0.144. The van der Waals surface area contributed by atoms with Gasteiger partial charge in [0.05, 0.1) is 35.2 Å². The molecule has 5 aromatic rings. The minimum absolute atomic E-state index is 0.0109. The third kappa shape index (κ3) is 24.4. The van der Waals surface area contributed by atoms with E-state index in [-0.39, 0.29) is 55.9 Å². The van der Waals surface area contributed by atoms with E-state index >= 15 is 9.59 Å². The van der Waals surface area contributed by atoms with Crippen molar-refractivity contribution in [1.29, 1.82) is 0 Å². The van der Waals surface area contributed by atoms with Gasteiger partial charge >= 0.3 is 5.97 Å². The fourth-order valence-corrected chi connectivity index (χ4v) is 15.2. The number of fused-ring (bicyclic) bond motifs is 4. The standard InChI is InChI=1S/C79H105N11O18S2/c1-43(2)78(9)38-61(96)56(35-48-20-24-54(94)25-21-48)83-70(102)44(3)32-62(97)79(10,28-26-64(99)100)89-71(103)57(36-52-39-82-69-55(52)16-12-29-81-69)84-73(105)65(45(4)91)87-72(104)59-17-13-30-90(59)75(107)51(34-47-18-22-53(93)23-19-47)37-60(95)67(77(6,7)8)86-63(98)27-31-109-40-49-14-11-15-50(33-49)41-110-42-58(68(80)101)85-74(106)66(46(5)92)88-76(78)108/h11-12,14-16,18-25,29,33,39,43-46,51,56-59,65-67,91-94H,13,17,26-28,30-32,34-38,40-42H2,1-10H3,(H2,80,101)(H,81,82)(H,83,102)(H,84,105)(H,85,106)(H,86,98)(H,87,104)(H,88,108)(H,89,103)(H,99,100)/t44-,45-,46-,51-,56+,57+,58-,59+,65+,66+,67-,78+,79+/m1/s1. The summed E-state index contributed by atoms with van der Waals surface area (Å²) in [6, 6.07) is 12.4. The smallest absolute Gasteiger partial charge is 0.303 e. The number of aromatic amines is 1. The van der Waals surface area contributed by atoms with E-state index in [2.05, 4.69) is 47.2 Å². The summed E-state index contributed by atoms with van der Waals surface area (Å²) < 4.78 is 0. The number of carboxylic acid groups (broad SMARTS) is 1. The van der Waals surface area contributed by atoms with Crippen LogP contribution < -0.4 is 43.0 Å². The SMILES string of the molecule is CC(C)[C@]1(C)CC(=O)[C@H](Cc2ccc(O)cc2)NC(=O)[C@H](C)CC(=O)[C@](C)(CCC(=O)O)NC(=O)[C@H](Cc2c[nH]c3ncccc23)NC(=O)[C@H]([C@@H](C)O)NC(=O)[C@@H]2CCCN2C(=O)[C@H](Cc2ccc(O)cc2)CC(=O)[C@H](C(C)(C)C)NC(=O)CCSCc2cccc(c2)CSC[C@H](C(N)=O)NC(=O)[C@H]([C@@H](C)O)NC1=O. The molecular weight excluding hydrogens is 1460 g/mol. The van der Waals surface area contributed by atoms with Gasteiger partial charge in [0.25, 0.3) is 0 Å². The average molecular weight is 1560 g/mol. The van der Waals surface area contributed by atoms with Gasteiger partial charge in [-0.2, -0.15) is 23.5 Å². The summed E-state index contributed by atoms with van der Waals surface area (Å²) in [5.41, 5.74) is 4.72. The Morgan fingerprint density at radius 3 is 1.89 bits per heavy atom. The van der Waals surface area contributed by atoms with Crippen molar-refractivity contribution in [3.63, 3.8) is 0 Å². The number of carbonyl (C=O) groups excluding carboxylic acids is 12. The number of thioether (sulfide) groups is 2. The van der Waals surface area contributed by atoms with E-state index in [1.807, 2.05) is 24.3 Å². The Labute approximate surface area is 648 Å². The molecule has 29 nitrogen and oxygen atoms in total. The number of nitrogens with zero attached hydrogens (tertiary/aromatic N) is 2. The number of carbonyl (C=O) groups is 13. The maximum atomic E-state index is 15.1. The molecule has 4 heterocycles. The molecular formula is C79H105N11O18S2. The number of hydrogen-bond donors (Lipinski definition) is 14. The molecule has 3 aromatic carbocycles. The number of aromatic hydroxyl groups is 2. The molecule has 0 unspecified atom stereocenters. The van der Waals surface area contributed by atoms with Crippen molar-refractivity contribution < 1.29 is 87.9 Å². The second-order valence-electron chi connectivity index (χ2n) is 30.7. The summed E-state index contributed by atoms with van der Waals surface area (Å²) in [5.74, 6) is -13.2. The number of aliphatic carboxylic acids is 1. The number of aliphatic hydroxyl groups excluding tert-OH is 2. The summed E-state index contributed by atoms with van der Waals surface area (Å²) in [7, 11) is 0. The van der Waals surface area contributed by atoms with Gasteiger partial charge in [-0.15, -0.1) is 0 Å². The Balaban J connectivity index is 1.24. The maximum Gasteiger partial charge on any atom is 0.303 e. The maximum absolute atomic E-state index is 15.1. The number of amides is 9. The van der Waals surface area contributed by atoms with Crippen molar-refractivity contribution in [1.82, 2.24) is 52.1 Å². The number of benzene rings is 3. The van der Waals surface area contributed by atoms with Crippen LogP contribution >= 0.6 is 23.5 Å². The second-order valence-corrected chi connectivity index (χ2v) is 32.8. The van der Waals surface area contributed by atoms with Crippen molar-refractivity contribution in [2.75, 3.05) is 18.1 Å². The molecule has 1 saturated heterocycles. The first-order chi connectivity index (χ1) is 51.8. The number of H-pyrrole nitrogens is 1. The van der Waals surface area contributed by atoms with Crippen LogP contribution in [0.25, 0.3) is 11.0 Å². The fourth-order valence-electron chi connectivity index (χ4n) is 13.3. The number of Topliss-reactive ketones (excluding diaryl/α,β-unsaturated/α-hetero) is 3. The number of carboxylic acids is 1. The third-order valence-electron chi connectivity index (χ3n) is 20.4. The highest BCUT2D eigenvalue weighted by atomic mass is 32.2. The van der Waals surface area contributed by atoms with Crippen LogP contribution in [-0.2, 0) is 93.1 Å². The molecule has 1 fully saturated rings. The quantitative estimate of drug-likeness (QED) is 0.0781. The zero-order valence-corrected chi connectivity index (χ0v) is 65.4. The molecule has 0 spiro atoms. The van der Waals surface area contributed by atoms with Gasteiger partial charge in [0.2, 0.25) is 53.2 Å². The van der Waals surface area contributed by atoms with Crippen molar-refractivity contribution in [2.24, 2.45) is 34.3 Å². The van der Waals surface area contributed by atoms with Crippen LogP contribution in [-0.4, -0.2) is 195 Å². The molecule has 13 atom stereocenters. The number of phenolic OH excluding ortho intramolecular Hbond substituents is 2. The molecule has 596 valence electrons. The molecule has 31 heteroatoms. The van der Waals surface area contributed by atoms with Crippen molar-refractivity contribution in [3.05, 3.63) is 125 Å². The molecule has 2 aliphatic heterocycles. The first-order valence-electron chi connectivity index (χ1n) is 36.9. The summed E-state index contributed by atoms with van der Waals surface area (Å²) in [4.78, 5) is 196. The number of phenols is 2. The average Bonchev–Trinajstić information content (AvgIpc) is 1.31. The van der Waals surface area contributed by atoms with Crippen LogP contribution in [0, 0.1) is 28.6 Å². The van der Waals surface area contributed by atoms with Crippen molar-refractivity contribution in [2.45, 2.75) is 211 Å². The largest absolute Gasteiger partial charge is 0.508 e. The summed E-state index contributed by atoms with van der Waals surface area (Å²) in [6.45, 7) is 15.2. The fraction of sp³-hybridized carbons (Fsp3) is 0.519. The topological polar surface area (TPSA) is 465 Å². The monoisotopic (exact) mass is 1560 g/mol. The van der Waals surface area contributed by atoms with Gasteiger partial charge in [-0.1, -0.05) is 97.0 Å². The van der Waals surface area contributed by atoms with Crippen LogP contribution in [0.15, 0.2) is 97.3 Å². The number of primary amides is 1. The van der Waals surface area contributed by atoms with E-state index < -0.39 is 197 Å². The zero-order chi connectivity index (χ0) is 81.1. The van der Waals surface area contributed by atoms with Gasteiger partial charge in [0.15, 0.2) is 17.3 Å². The van der Waals surface area contributed by atoms with Gasteiger partial charge in [-0.25, -0.2) is 4.98 Å². The number of aromatic nitrogens is 2. The predicted molar refractivity (Wildman–Crippen MR) is 413 cm³/mol. The van der Waals surface area contributed by atoms with E-state index in [1.54, 1.807) is 58.9 Å². The Kier molecular flexibility index (Phi) is 31.2. The van der Waals surface area contributed by atoms with Crippen LogP contribution in [0.2, 0.25) is 0 Å². The number of pyridine rings is 1. The number of rotatable bonds is 13. The third-order valence-corrected chi connectivity index (χ3v) is 22.5. The number of hydrogen-bond acceptors (Lipinski definition) is 20. The van der Waals surface area contributed by atoms with Crippen LogP contribution in [0.5, 0.6) is 11.5 Å². The molecule has 15 N–H and O–H groups in total. The molecule has 2 aliphatic rings. The number of nitrogens with one attached hydrogen (secondary N) is 8. The van der Waals surface area contributed by atoms with Gasteiger partial charge in [-0.05, 0) is 128 Å². The second kappa shape index (κ2) is 39.3. The lowest BCUT2D eigenvalue weighted by atomic mass is 9.73. The summed E-state index contributed by atoms with van der Waals surface area (Å²) in [6.07, 6.45) is -3.33. The van der Waals surface area contributed by atoms with Gasteiger partial charge in [0, 0.05) is 97.7 Å². The van der Waals surface area contributed by atoms with E-state index in [0.29, 0.717) is 51.4 Å². The first kappa shape index (κ1) is 87.5. The Hall–Kier alpha value is -9.72. The number of aliphatic hydroxyl groups is 2. The molecule has 9 amide bonds. The molecule has 2 bridgehead atoms. The van der Waals surface area contributed by atoms with Crippen LogP contribution in [0.3, 0.4) is 0 Å².